The summed E-state index contributed by atoms with van der Waals surface area (Å²) in [6.45, 7) is 2.20. The van der Waals surface area contributed by atoms with E-state index >= 15 is 0 Å². The van der Waals surface area contributed by atoms with Crippen molar-refractivity contribution in [2.75, 3.05) is 0 Å². The summed E-state index contributed by atoms with van der Waals surface area (Å²) in [5.74, 6) is 0. The summed E-state index contributed by atoms with van der Waals surface area (Å²) in [5.41, 5.74) is 1.07. The fraction of sp³-hybridized carbons (Fsp3) is 0.545. The first-order chi connectivity index (χ1) is 6.74. The summed E-state index contributed by atoms with van der Waals surface area (Å²) in [7, 11) is 0. The van der Waals surface area contributed by atoms with Crippen LogP contribution in [-0.2, 0) is 6.42 Å². The van der Waals surface area contributed by atoms with Gasteiger partial charge in [0.15, 0.2) is 0 Å². The van der Waals surface area contributed by atoms with Crippen LogP contribution in [0, 0.1) is 0 Å². The number of hydrogen-bond acceptors (Lipinski definition) is 1. The number of aryl methyl sites for hydroxylation is 1. The first kappa shape index (κ1) is 11.8. The van der Waals surface area contributed by atoms with Gasteiger partial charge in [-0.3, -0.25) is 0 Å². The summed E-state index contributed by atoms with van der Waals surface area (Å²) in [6.07, 6.45) is 7.51. The maximum Gasteiger partial charge on any atom is 0.132 e. The van der Waals surface area contributed by atoms with E-state index in [1.807, 2.05) is 6.07 Å². The van der Waals surface area contributed by atoms with Crippen molar-refractivity contribution >= 4 is 23.2 Å². The van der Waals surface area contributed by atoms with Crippen LogP contribution in [0.5, 0.6) is 0 Å². The lowest BCUT2D eigenvalue weighted by molar-refractivity contribution is 0.666. The Morgan fingerprint density at radius 1 is 1.21 bits per heavy atom. The predicted molar refractivity (Wildman–Crippen MR) is 62.1 cm³/mol. The number of pyridine rings is 1. The first-order valence-electron chi connectivity index (χ1n) is 5.04. The van der Waals surface area contributed by atoms with Crippen molar-refractivity contribution in [2.24, 2.45) is 0 Å². The minimum Gasteiger partial charge on any atom is -0.243 e. The second kappa shape index (κ2) is 6.26. The van der Waals surface area contributed by atoms with E-state index in [2.05, 4.69) is 11.9 Å². The van der Waals surface area contributed by atoms with Gasteiger partial charge in [-0.25, -0.2) is 4.98 Å². The van der Waals surface area contributed by atoms with Gasteiger partial charge in [-0.15, -0.1) is 0 Å². The zero-order valence-corrected chi connectivity index (χ0v) is 9.91. The SMILES string of the molecule is CCCCCCc1cc(Cl)cnc1Cl. The number of nitrogens with zero attached hydrogens (tertiary/aromatic N) is 1. The molecule has 0 aromatic carbocycles. The van der Waals surface area contributed by atoms with E-state index in [9.17, 15) is 0 Å². The Morgan fingerprint density at radius 3 is 2.71 bits per heavy atom. The summed E-state index contributed by atoms with van der Waals surface area (Å²) < 4.78 is 0. The van der Waals surface area contributed by atoms with E-state index in [1.165, 1.54) is 19.3 Å². The van der Waals surface area contributed by atoms with Gasteiger partial charge >= 0.3 is 0 Å². The second-order valence-electron chi connectivity index (χ2n) is 3.41. The highest BCUT2D eigenvalue weighted by atomic mass is 35.5. The van der Waals surface area contributed by atoms with Crippen LogP contribution in [0.15, 0.2) is 12.3 Å². The van der Waals surface area contributed by atoms with Crippen molar-refractivity contribution in [1.82, 2.24) is 4.98 Å². The summed E-state index contributed by atoms with van der Waals surface area (Å²) in [6, 6.07) is 1.91. The van der Waals surface area contributed by atoms with Crippen LogP contribution in [0.1, 0.15) is 38.2 Å². The van der Waals surface area contributed by atoms with Gasteiger partial charge in [0.1, 0.15) is 5.15 Å². The Bertz CT molecular complexity index is 287. The van der Waals surface area contributed by atoms with Gasteiger partial charge in [0.05, 0.1) is 5.02 Å². The number of hydrogen-bond donors (Lipinski definition) is 0. The lowest BCUT2D eigenvalue weighted by Crippen LogP contribution is -1.89. The smallest absolute Gasteiger partial charge is 0.132 e. The fourth-order valence-corrected chi connectivity index (χ4v) is 1.76. The quantitative estimate of drug-likeness (QED) is 0.537. The molecule has 14 heavy (non-hydrogen) atoms. The normalized spacial score (nSPS) is 10.5. The molecule has 0 fully saturated rings. The van der Waals surface area contributed by atoms with E-state index in [4.69, 9.17) is 23.2 Å². The minimum absolute atomic E-state index is 0.589. The Hall–Kier alpha value is -0.270. The van der Waals surface area contributed by atoms with E-state index in [1.54, 1.807) is 6.20 Å². The largest absolute Gasteiger partial charge is 0.243 e. The molecule has 1 heterocycles. The van der Waals surface area contributed by atoms with Crippen molar-refractivity contribution in [3.05, 3.63) is 28.0 Å². The van der Waals surface area contributed by atoms with E-state index in [-0.39, 0.29) is 0 Å². The summed E-state index contributed by atoms with van der Waals surface area (Å²) in [5, 5.41) is 1.26. The second-order valence-corrected chi connectivity index (χ2v) is 4.21. The molecule has 78 valence electrons. The minimum atomic E-state index is 0.589. The first-order valence-corrected chi connectivity index (χ1v) is 5.79. The molecule has 0 aliphatic rings. The lowest BCUT2D eigenvalue weighted by Gasteiger charge is -2.03. The van der Waals surface area contributed by atoms with Crippen LogP contribution >= 0.6 is 23.2 Å². The van der Waals surface area contributed by atoms with Crippen molar-refractivity contribution < 1.29 is 0 Å². The maximum atomic E-state index is 5.94. The summed E-state index contributed by atoms with van der Waals surface area (Å²) >= 11 is 11.8. The van der Waals surface area contributed by atoms with Gasteiger partial charge in [-0.2, -0.15) is 0 Å². The van der Waals surface area contributed by atoms with Crippen LogP contribution in [0.4, 0.5) is 0 Å². The average molecular weight is 232 g/mol. The van der Waals surface area contributed by atoms with Gasteiger partial charge in [0.2, 0.25) is 0 Å². The highest BCUT2D eigenvalue weighted by Crippen LogP contribution is 2.19. The molecule has 0 amide bonds. The molecule has 0 aliphatic heterocycles. The summed E-state index contributed by atoms with van der Waals surface area (Å²) in [4.78, 5) is 4.01. The molecule has 1 aromatic rings. The van der Waals surface area contributed by atoms with Crippen LogP contribution in [0.3, 0.4) is 0 Å². The Morgan fingerprint density at radius 2 is 2.00 bits per heavy atom. The molecular weight excluding hydrogens is 217 g/mol. The third-order valence-corrected chi connectivity index (χ3v) is 2.73. The average Bonchev–Trinajstić information content (AvgIpc) is 2.18. The van der Waals surface area contributed by atoms with E-state index < -0.39 is 0 Å². The zero-order chi connectivity index (χ0) is 10.4. The van der Waals surface area contributed by atoms with Crippen molar-refractivity contribution in [1.29, 1.82) is 0 Å². The molecule has 3 heteroatoms. The Balaban J connectivity index is 2.45. The molecule has 1 nitrogen and oxygen atoms in total. The van der Waals surface area contributed by atoms with Gasteiger partial charge in [0.25, 0.3) is 0 Å². The molecule has 0 saturated carbocycles. The highest BCUT2D eigenvalue weighted by molar-refractivity contribution is 6.32. The van der Waals surface area contributed by atoms with Gasteiger partial charge < -0.3 is 0 Å². The fourth-order valence-electron chi connectivity index (χ4n) is 1.38. The molecule has 0 saturated heterocycles. The van der Waals surface area contributed by atoms with Gasteiger partial charge in [-0.1, -0.05) is 49.4 Å². The molecular formula is C11H15Cl2N. The van der Waals surface area contributed by atoms with Crippen LogP contribution in [-0.4, -0.2) is 4.98 Å². The number of aromatic nitrogens is 1. The van der Waals surface area contributed by atoms with Crippen LogP contribution in [0.25, 0.3) is 0 Å². The van der Waals surface area contributed by atoms with Crippen LogP contribution in [0.2, 0.25) is 10.2 Å². The van der Waals surface area contributed by atoms with Gasteiger partial charge in [-0.05, 0) is 24.5 Å². The number of rotatable bonds is 5. The number of unbranched alkanes of at least 4 members (excludes halogenated alkanes) is 3. The third kappa shape index (κ3) is 3.85. The Labute approximate surface area is 95.4 Å². The molecule has 0 N–H and O–H groups in total. The molecule has 0 aliphatic carbocycles. The molecule has 1 aromatic heterocycles. The van der Waals surface area contributed by atoms with Crippen molar-refractivity contribution in [3.63, 3.8) is 0 Å². The number of halogens is 2. The molecule has 0 spiro atoms. The molecule has 0 radical (unpaired) electrons. The Kier molecular flexibility index (Phi) is 5.28. The topological polar surface area (TPSA) is 12.9 Å². The van der Waals surface area contributed by atoms with E-state index in [0.29, 0.717) is 10.2 Å². The predicted octanol–water partition coefficient (Wildman–Crippen LogP) is 4.51. The molecule has 0 bridgehead atoms. The van der Waals surface area contributed by atoms with E-state index in [0.717, 1.165) is 18.4 Å². The monoisotopic (exact) mass is 231 g/mol. The maximum absolute atomic E-state index is 5.94. The van der Waals surface area contributed by atoms with Gasteiger partial charge in [0, 0.05) is 6.20 Å². The third-order valence-electron chi connectivity index (χ3n) is 2.18. The highest BCUT2D eigenvalue weighted by Gasteiger charge is 2.02. The van der Waals surface area contributed by atoms with Crippen molar-refractivity contribution in [3.8, 4) is 0 Å². The standard InChI is InChI=1S/C11H15Cl2N/c1-2-3-4-5-6-9-7-10(12)8-14-11(9)13/h7-8H,2-6H2,1H3. The molecule has 0 atom stereocenters. The lowest BCUT2D eigenvalue weighted by atomic mass is 10.1. The molecule has 1 rings (SSSR count). The zero-order valence-electron chi connectivity index (χ0n) is 8.39. The molecule has 0 unspecified atom stereocenters. The van der Waals surface area contributed by atoms with Crippen LogP contribution < -0.4 is 0 Å². The van der Waals surface area contributed by atoms with Crippen molar-refractivity contribution in [2.45, 2.75) is 39.0 Å².